The molecule has 2 aliphatic rings. The van der Waals surface area contributed by atoms with Crippen molar-refractivity contribution in [2.75, 3.05) is 43.5 Å². The number of carbonyl (C=O) groups excluding carboxylic acids is 3. The summed E-state index contributed by atoms with van der Waals surface area (Å²) in [5.41, 5.74) is 1.37. The molecule has 0 spiro atoms. The quantitative estimate of drug-likeness (QED) is 0.669. The molecule has 1 aliphatic heterocycles. The molecular weight excluding hydrogens is 422 g/mol. The van der Waals surface area contributed by atoms with Crippen LogP contribution in [0.4, 0.5) is 16.2 Å². The van der Waals surface area contributed by atoms with Crippen molar-refractivity contribution in [3.05, 3.63) is 24.3 Å². The highest BCUT2D eigenvalue weighted by Gasteiger charge is 2.28. The van der Waals surface area contributed by atoms with E-state index in [1.165, 1.54) is 7.11 Å². The number of esters is 1. The van der Waals surface area contributed by atoms with E-state index in [1.807, 2.05) is 45.0 Å². The van der Waals surface area contributed by atoms with Gasteiger partial charge in [-0.2, -0.15) is 0 Å². The maximum absolute atomic E-state index is 12.7. The molecule has 2 amide bonds. The highest BCUT2D eigenvalue weighted by molar-refractivity contribution is 5.92. The molecule has 0 unspecified atom stereocenters. The zero-order valence-electron chi connectivity index (χ0n) is 20.3. The van der Waals surface area contributed by atoms with E-state index in [2.05, 4.69) is 10.2 Å². The fourth-order valence-electron chi connectivity index (χ4n) is 4.42. The predicted molar refractivity (Wildman–Crippen MR) is 127 cm³/mol. The molecule has 0 aromatic heterocycles. The SMILES string of the molecule is COC(=O)CC1CCC(C(=O)Nc2ccc(N3CCN(C(=O)OC(C)(C)C)CC3)cc2)CC1. The Morgan fingerprint density at radius 2 is 1.58 bits per heavy atom. The summed E-state index contributed by atoms with van der Waals surface area (Å²) < 4.78 is 10.2. The number of ether oxygens (including phenoxy) is 2. The molecule has 0 bridgehead atoms. The number of hydrogen-bond donors (Lipinski definition) is 1. The molecular formula is C25H37N3O5. The highest BCUT2D eigenvalue weighted by atomic mass is 16.6. The molecule has 1 N–H and O–H groups in total. The second-order valence-electron chi connectivity index (χ2n) is 9.99. The van der Waals surface area contributed by atoms with Gasteiger partial charge < -0.3 is 24.6 Å². The van der Waals surface area contributed by atoms with Crippen LogP contribution >= 0.6 is 0 Å². The Kier molecular flexibility index (Phi) is 8.21. The van der Waals surface area contributed by atoms with E-state index >= 15 is 0 Å². The van der Waals surface area contributed by atoms with Crippen molar-refractivity contribution in [3.8, 4) is 0 Å². The first-order valence-electron chi connectivity index (χ1n) is 11.8. The Labute approximate surface area is 196 Å². The number of piperazine rings is 1. The van der Waals surface area contributed by atoms with E-state index in [0.29, 0.717) is 25.4 Å². The number of nitrogens with zero attached hydrogens (tertiary/aromatic N) is 2. The van der Waals surface area contributed by atoms with Crippen molar-refractivity contribution >= 4 is 29.3 Å². The highest BCUT2D eigenvalue weighted by Crippen LogP contribution is 2.32. The van der Waals surface area contributed by atoms with Crippen LogP contribution in [0, 0.1) is 11.8 Å². The third kappa shape index (κ3) is 7.37. The number of amides is 2. The van der Waals surface area contributed by atoms with E-state index in [4.69, 9.17) is 9.47 Å². The topological polar surface area (TPSA) is 88.2 Å². The van der Waals surface area contributed by atoms with Gasteiger partial charge in [-0.25, -0.2) is 4.79 Å². The fraction of sp³-hybridized carbons (Fsp3) is 0.640. The number of rotatable bonds is 5. The zero-order valence-corrected chi connectivity index (χ0v) is 20.3. The van der Waals surface area contributed by atoms with Crippen molar-refractivity contribution in [3.63, 3.8) is 0 Å². The van der Waals surface area contributed by atoms with Gasteiger partial charge in [0, 0.05) is 49.9 Å². The van der Waals surface area contributed by atoms with Crippen LogP contribution in [-0.2, 0) is 19.1 Å². The lowest BCUT2D eigenvalue weighted by Crippen LogP contribution is -2.50. The molecule has 0 radical (unpaired) electrons. The summed E-state index contributed by atoms with van der Waals surface area (Å²) in [6, 6.07) is 7.87. The third-order valence-corrected chi connectivity index (χ3v) is 6.33. The molecule has 1 aromatic carbocycles. The van der Waals surface area contributed by atoms with Crippen molar-refractivity contribution in [2.24, 2.45) is 11.8 Å². The van der Waals surface area contributed by atoms with Crippen LogP contribution in [0.2, 0.25) is 0 Å². The van der Waals surface area contributed by atoms with Crippen LogP contribution in [-0.4, -0.2) is 61.8 Å². The van der Waals surface area contributed by atoms with Crippen molar-refractivity contribution < 1.29 is 23.9 Å². The van der Waals surface area contributed by atoms with Crippen molar-refractivity contribution in [1.82, 2.24) is 4.90 Å². The largest absolute Gasteiger partial charge is 0.469 e. The molecule has 1 heterocycles. The van der Waals surface area contributed by atoms with E-state index in [-0.39, 0.29) is 23.9 Å². The first-order valence-corrected chi connectivity index (χ1v) is 11.8. The molecule has 1 aliphatic carbocycles. The van der Waals surface area contributed by atoms with Crippen LogP contribution < -0.4 is 10.2 Å². The van der Waals surface area contributed by atoms with Crippen molar-refractivity contribution in [2.45, 2.75) is 58.5 Å². The summed E-state index contributed by atoms with van der Waals surface area (Å²) in [5, 5.41) is 3.03. The minimum absolute atomic E-state index is 0.0143. The average molecular weight is 460 g/mol. The van der Waals surface area contributed by atoms with Gasteiger partial charge in [-0.1, -0.05) is 0 Å². The van der Waals surface area contributed by atoms with Crippen molar-refractivity contribution in [1.29, 1.82) is 0 Å². The molecule has 1 aromatic rings. The first-order chi connectivity index (χ1) is 15.6. The van der Waals surface area contributed by atoms with E-state index in [1.54, 1.807) is 4.90 Å². The summed E-state index contributed by atoms with van der Waals surface area (Å²) in [4.78, 5) is 40.3. The fourth-order valence-corrected chi connectivity index (χ4v) is 4.42. The average Bonchev–Trinajstić information content (AvgIpc) is 2.79. The first kappa shape index (κ1) is 24.9. The number of hydrogen-bond acceptors (Lipinski definition) is 6. The number of nitrogens with one attached hydrogen (secondary N) is 1. The molecule has 2 fully saturated rings. The summed E-state index contributed by atoms with van der Waals surface area (Å²) in [6.45, 7) is 8.32. The number of anilines is 2. The molecule has 8 nitrogen and oxygen atoms in total. The van der Waals surface area contributed by atoms with Crippen LogP contribution in [0.1, 0.15) is 52.9 Å². The smallest absolute Gasteiger partial charge is 0.410 e. The maximum atomic E-state index is 12.7. The summed E-state index contributed by atoms with van der Waals surface area (Å²) >= 11 is 0. The van der Waals surface area contributed by atoms with Gasteiger partial charge in [0.15, 0.2) is 0 Å². The second-order valence-corrected chi connectivity index (χ2v) is 9.99. The minimum atomic E-state index is -0.489. The lowest BCUT2D eigenvalue weighted by molar-refractivity contribution is -0.142. The van der Waals surface area contributed by atoms with Gasteiger partial charge in [0.2, 0.25) is 5.91 Å². The summed E-state index contributed by atoms with van der Waals surface area (Å²) in [5.74, 6) is 0.176. The summed E-state index contributed by atoms with van der Waals surface area (Å²) in [7, 11) is 1.41. The van der Waals surface area contributed by atoms with Gasteiger partial charge in [0.05, 0.1) is 7.11 Å². The van der Waals surface area contributed by atoms with E-state index in [9.17, 15) is 14.4 Å². The van der Waals surface area contributed by atoms with Crippen LogP contribution in [0.15, 0.2) is 24.3 Å². The molecule has 1 saturated heterocycles. The van der Waals surface area contributed by atoms with Crippen LogP contribution in [0.3, 0.4) is 0 Å². The molecule has 0 atom stereocenters. The molecule has 33 heavy (non-hydrogen) atoms. The van der Waals surface area contributed by atoms with Gasteiger partial charge in [0.25, 0.3) is 0 Å². The molecule has 3 rings (SSSR count). The van der Waals surface area contributed by atoms with E-state index in [0.717, 1.165) is 50.1 Å². The molecule has 8 heteroatoms. The number of methoxy groups -OCH3 is 1. The van der Waals surface area contributed by atoms with Gasteiger partial charge in [-0.15, -0.1) is 0 Å². The zero-order chi connectivity index (χ0) is 24.0. The lowest BCUT2D eigenvalue weighted by Gasteiger charge is -2.36. The minimum Gasteiger partial charge on any atom is -0.469 e. The standard InChI is InChI=1S/C25H37N3O5/c1-25(2,3)33-24(31)28-15-13-27(14-16-28)21-11-9-20(10-12-21)26-23(30)19-7-5-18(6-8-19)17-22(29)32-4/h9-12,18-19H,5-8,13-17H2,1-4H3,(H,26,30). The predicted octanol–water partition coefficient (Wildman–Crippen LogP) is 4.05. The van der Waals surface area contributed by atoms with Gasteiger partial charge in [0.1, 0.15) is 5.60 Å². The Bertz CT molecular complexity index is 817. The molecule has 182 valence electrons. The Balaban J connectivity index is 1.44. The van der Waals surface area contributed by atoms with Gasteiger partial charge in [-0.3, -0.25) is 9.59 Å². The maximum Gasteiger partial charge on any atom is 0.410 e. The van der Waals surface area contributed by atoms with Crippen LogP contribution in [0.25, 0.3) is 0 Å². The normalized spacial score (nSPS) is 21.3. The third-order valence-electron chi connectivity index (χ3n) is 6.33. The Morgan fingerprint density at radius 1 is 0.970 bits per heavy atom. The molecule has 1 saturated carbocycles. The van der Waals surface area contributed by atoms with Gasteiger partial charge in [-0.05, 0) is 76.6 Å². The Hall–Kier alpha value is -2.77. The number of benzene rings is 1. The monoisotopic (exact) mass is 459 g/mol. The second kappa shape index (κ2) is 10.9. The summed E-state index contributed by atoms with van der Waals surface area (Å²) in [6.07, 6.45) is 3.53. The Morgan fingerprint density at radius 3 is 2.12 bits per heavy atom. The van der Waals surface area contributed by atoms with Crippen LogP contribution in [0.5, 0.6) is 0 Å². The van der Waals surface area contributed by atoms with Gasteiger partial charge >= 0.3 is 12.1 Å². The van der Waals surface area contributed by atoms with E-state index < -0.39 is 5.60 Å². The lowest BCUT2D eigenvalue weighted by atomic mass is 9.80. The number of carbonyl (C=O) groups is 3.